The van der Waals surface area contributed by atoms with Crippen molar-refractivity contribution < 1.29 is 17.6 Å². The zero-order valence-corrected chi connectivity index (χ0v) is 11.0. The molecule has 18 heavy (non-hydrogen) atoms. The molecular formula is C11H15FN2O3S. The molecule has 1 aromatic carbocycles. The SMILES string of the molecule is CNC(=O)CN(C)S(=O)(=O)Cc1ccc(F)cc1. The van der Waals surface area contributed by atoms with Crippen molar-refractivity contribution in [2.45, 2.75) is 5.75 Å². The van der Waals surface area contributed by atoms with Crippen molar-refractivity contribution in [3.63, 3.8) is 0 Å². The largest absolute Gasteiger partial charge is 0.358 e. The lowest BCUT2D eigenvalue weighted by atomic mass is 10.2. The van der Waals surface area contributed by atoms with Crippen LogP contribution in [0.5, 0.6) is 0 Å². The van der Waals surface area contributed by atoms with E-state index < -0.39 is 15.8 Å². The fraction of sp³-hybridized carbons (Fsp3) is 0.364. The van der Waals surface area contributed by atoms with Crippen LogP contribution in [0.1, 0.15) is 5.56 Å². The van der Waals surface area contributed by atoms with E-state index >= 15 is 0 Å². The van der Waals surface area contributed by atoms with Gasteiger partial charge in [-0.3, -0.25) is 4.79 Å². The van der Waals surface area contributed by atoms with Crippen LogP contribution in [0.15, 0.2) is 24.3 Å². The second kappa shape index (κ2) is 5.92. The van der Waals surface area contributed by atoms with Gasteiger partial charge in [-0.2, -0.15) is 4.31 Å². The number of carbonyl (C=O) groups excluding carboxylic acids is 1. The predicted octanol–water partition coefficient (Wildman–Crippen LogP) is 0.333. The summed E-state index contributed by atoms with van der Waals surface area (Å²) in [6.07, 6.45) is 0. The number of hydrogen-bond acceptors (Lipinski definition) is 3. The Hall–Kier alpha value is -1.47. The normalized spacial score (nSPS) is 11.6. The lowest BCUT2D eigenvalue weighted by molar-refractivity contribution is -0.120. The number of sulfonamides is 1. The van der Waals surface area contributed by atoms with E-state index in [1.807, 2.05) is 0 Å². The van der Waals surface area contributed by atoms with E-state index in [2.05, 4.69) is 5.32 Å². The van der Waals surface area contributed by atoms with E-state index in [1.165, 1.54) is 38.4 Å². The minimum absolute atomic E-state index is 0.236. The molecule has 0 aromatic heterocycles. The van der Waals surface area contributed by atoms with Crippen molar-refractivity contribution in [2.75, 3.05) is 20.6 Å². The Labute approximate surface area is 106 Å². The van der Waals surface area contributed by atoms with Crippen LogP contribution in [0.4, 0.5) is 4.39 Å². The van der Waals surface area contributed by atoms with E-state index in [1.54, 1.807) is 0 Å². The molecule has 0 saturated carbocycles. The Morgan fingerprint density at radius 2 is 1.89 bits per heavy atom. The zero-order valence-electron chi connectivity index (χ0n) is 10.2. The molecule has 100 valence electrons. The Kier molecular flexibility index (Phi) is 4.80. The Balaban J connectivity index is 2.75. The summed E-state index contributed by atoms with van der Waals surface area (Å²) in [6, 6.07) is 5.20. The second-order valence-electron chi connectivity index (χ2n) is 3.81. The molecule has 0 radical (unpaired) electrons. The van der Waals surface area contributed by atoms with Gasteiger partial charge in [-0.25, -0.2) is 12.8 Å². The van der Waals surface area contributed by atoms with Gasteiger partial charge >= 0.3 is 0 Å². The first-order chi connectivity index (χ1) is 8.35. The number of carbonyl (C=O) groups is 1. The van der Waals surface area contributed by atoms with Crippen molar-refractivity contribution in [1.29, 1.82) is 0 Å². The summed E-state index contributed by atoms with van der Waals surface area (Å²) in [5.41, 5.74) is 0.472. The summed E-state index contributed by atoms with van der Waals surface area (Å²) < 4.78 is 37.4. The van der Waals surface area contributed by atoms with Gasteiger partial charge in [-0.15, -0.1) is 0 Å². The molecule has 0 aliphatic rings. The first kappa shape index (κ1) is 14.6. The highest BCUT2D eigenvalue weighted by atomic mass is 32.2. The van der Waals surface area contributed by atoms with Gasteiger partial charge in [0.15, 0.2) is 0 Å². The quantitative estimate of drug-likeness (QED) is 0.841. The molecular weight excluding hydrogens is 259 g/mol. The smallest absolute Gasteiger partial charge is 0.235 e. The predicted molar refractivity (Wildman–Crippen MR) is 65.7 cm³/mol. The maximum atomic E-state index is 12.7. The van der Waals surface area contributed by atoms with Gasteiger partial charge in [-0.05, 0) is 17.7 Å². The molecule has 0 aliphatic heterocycles. The monoisotopic (exact) mass is 274 g/mol. The average Bonchev–Trinajstić information content (AvgIpc) is 2.31. The fourth-order valence-electron chi connectivity index (χ4n) is 1.28. The Morgan fingerprint density at radius 3 is 2.39 bits per heavy atom. The fourth-order valence-corrected chi connectivity index (χ4v) is 2.43. The van der Waals surface area contributed by atoms with E-state index in [-0.39, 0.29) is 18.2 Å². The summed E-state index contributed by atoms with van der Waals surface area (Å²) in [6.45, 7) is -0.236. The summed E-state index contributed by atoms with van der Waals surface area (Å²) >= 11 is 0. The number of rotatable bonds is 5. The van der Waals surface area contributed by atoms with Crippen LogP contribution in [0, 0.1) is 5.82 Å². The first-order valence-corrected chi connectivity index (χ1v) is 6.85. The summed E-state index contributed by atoms with van der Waals surface area (Å²) in [4.78, 5) is 11.1. The number of nitrogens with zero attached hydrogens (tertiary/aromatic N) is 1. The van der Waals surface area contributed by atoms with Gasteiger partial charge in [0, 0.05) is 14.1 Å². The zero-order chi connectivity index (χ0) is 13.8. The molecule has 7 heteroatoms. The topological polar surface area (TPSA) is 66.5 Å². The Morgan fingerprint density at radius 1 is 1.33 bits per heavy atom. The number of likely N-dealkylation sites (N-methyl/N-ethyl adjacent to an activating group) is 2. The lowest BCUT2D eigenvalue weighted by Crippen LogP contribution is -2.37. The van der Waals surface area contributed by atoms with Crippen LogP contribution < -0.4 is 5.32 Å². The van der Waals surface area contributed by atoms with Crippen LogP contribution >= 0.6 is 0 Å². The van der Waals surface area contributed by atoms with Gasteiger partial charge in [0.05, 0.1) is 12.3 Å². The minimum Gasteiger partial charge on any atom is -0.358 e. The van der Waals surface area contributed by atoms with E-state index in [0.717, 1.165) is 4.31 Å². The first-order valence-electron chi connectivity index (χ1n) is 5.24. The molecule has 1 amide bonds. The molecule has 1 aromatic rings. The third-order valence-corrected chi connectivity index (χ3v) is 4.16. The average molecular weight is 274 g/mol. The van der Waals surface area contributed by atoms with Crippen LogP contribution in [0.3, 0.4) is 0 Å². The van der Waals surface area contributed by atoms with E-state index in [4.69, 9.17) is 0 Å². The molecule has 0 fully saturated rings. The van der Waals surface area contributed by atoms with E-state index in [9.17, 15) is 17.6 Å². The van der Waals surface area contributed by atoms with E-state index in [0.29, 0.717) is 5.56 Å². The van der Waals surface area contributed by atoms with Crippen molar-refractivity contribution in [2.24, 2.45) is 0 Å². The van der Waals surface area contributed by atoms with Crippen LogP contribution in [-0.2, 0) is 20.6 Å². The minimum atomic E-state index is -3.58. The summed E-state index contributed by atoms with van der Waals surface area (Å²) in [5.74, 6) is -1.07. The molecule has 0 unspecified atom stereocenters. The highest BCUT2D eigenvalue weighted by Gasteiger charge is 2.20. The van der Waals surface area contributed by atoms with Gasteiger partial charge in [0.2, 0.25) is 15.9 Å². The van der Waals surface area contributed by atoms with Crippen LogP contribution in [0.25, 0.3) is 0 Å². The molecule has 5 nitrogen and oxygen atoms in total. The molecule has 0 spiro atoms. The van der Waals surface area contributed by atoms with Crippen molar-refractivity contribution in [3.8, 4) is 0 Å². The molecule has 0 bridgehead atoms. The third-order valence-electron chi connectivity index (χ3n) is 2.38. The summed E-state index contributed by atoms with van der Waals surface area (Å²) in [7, 11) is -0.821. The molecule has 1 rings (SSSR count). The maximum Gasteiger partial charge on any atom is 0.235 e. The van der Waals surface area contributed by atoms with Crippen molar-refractivity contribution in [1.82, 2.24) is 9.62 Å². The maximum absolute atomic E-state index is 12.7. The Bertz CT molecular complexity index is 514. The molecule has 0 aliphatic carbocycles. The van der Waals surface area contributed by atoms with Crippen molar-refractivity contribution in [3.05, 3.63) is 35.6 Å². The van der Waals surface area contributed by atoms with Crippen molar-refractivity contribution >= 4 is 15.9 Å². The number of nitrogens with one attached hydrogen (secondary N) is 1. The van der Waals surface area contributed by atoms with Gasteiger partial charge in [-0.1, -0.05) is 12.1 Å². The highest BCUT2D eigenvalue weighted by molar-refractivity contribution is 7.88. The van der Waals surface area contributed by atoms with Gasteiger partial charge < -0.3 is 5.32 Å². The van der Waals surface area contributed by atoms with Crippen LogP contribution in [-0.4, -0.2) is 39.3 Å². The lowest BCUT2D eigenvalue weighted by Gasteiger charge is -2.16. The number of halogens is 1. The molecule has 0 atom stereocenters. The summed E-state index contributed by atoms with van der Waals surface area (Å²) in [5, 5.41) is 2.34. The standard InChI is InChI=1S/C11H15FN2O3S/c1-13-11(15)7-14(2)18(16,17)8-9-3-5-10(12)6-4-9/h3-6H,7-8H2,1-2H3,(H,13,15). The van der Waals surface area contributed by atoms with Gasteiger partial charge in [0.1, 0.15) is 5.82 Å². The molecule has 0 saturated heterocycles. The molecule has 1 N–H and O–H groups in total. The highest BCUT2D eigenvalue weighted by Crippen LogP contribution is 2.10. The number of hydrogen-bond donors (Lipinski definition) is 1. The number of amides is 1. The van der Waals surface area contributed by atoms with Crippen LogP contribution in [0.2, 0.25) is 0 Å². The number of benzene rings is 1. The third kappa shape index (κ3) is 4.08. The second-order valence-corrected chi connectivity index (χ2v) is 5.89. The van der Waals surface area contributed by atoms with Gasteiger partial charge in [0.25, 0.3) is 0 Å². The molecule has 0 heterocycles.